The molecule has 2 amide bonds. The minimum Gasteiger partial charge on any atom is -0.338 e. The summed E-state index contributed by atoms with van der Waals surface area (Å²) in [7, 11) is 0. The van der Waals surface area contributed by atoms with Crippen LogP contribution in [0.1, 0.15) is 84.5 Å². The van der Waals surface area contributed by atoms with Crippen molar-refractivity contribution in [1.82, 2.24) is 10.6 Å². The van der Waals surface area contributed by atoms with Crippen LogP contribution in [0.3, 0.4) is 0 Å². The Morgan fingerprint density at radius 2 is 1.00 bits per heavy atom. The number of urea groups is 1. The third-order valence-electron chi connectivity index (χ3n) is 3.38. The van der Waals surface area contributed by atoms with Crippen LogP contribution in [0.25, 0.3) is 0 Å². The number of nitrogens with one attached hydrogen (secondary N) is 2. The maximum Gasteiger partial charge on any atom is 0.314 e. The average Bonchev–Trinajstić information content (AvgIpc) is 2.41. The smallest absolute Gasteiger partial charge is 0.314 e. The monoisotopic (exact) mass is 270 g/mol. The normalized spacial score (nSPS) is 10.4. The molecule has 0 heterocycles. The predicted octanol–water partition coefficient (Wildman–Crippen LogP) is 4.62. The topological polar surface area (TPSA) is 41.1 Å². The summed E-state index contributed by atoms with van der Waals surface area (Å²) < 4.78 is 0. The SMILES string of the molecule is CCCCCCCCCNC(=O)NCCCCCC. The van der Waals surface area contributed by atoms with Gasteiger partial charge >= 0.3 is 6.03 Å². The van der Waals surface area contributed by atoms with Crippen LogP contribution in [-0.2, 0) is 0 Å². The van der Waals surface area contributed by atoms with Gasteiger partial charge in [-0.3, -0.25) is 0 Å². The molecule has 3 heteroatoms. The molecule has 0 rings (SSSR count). The lowest BCUT2D eigenvalue weighted by atomic mass is 10.1. The highest BCUT2D eigenvalue weighted by molar-refractivity contribution is 5.73. The molecule has 2 N–H and O–H groups in total. The minimum absolute atomic E-state index is 0.00230. The number of unbranched alkanes of at least 4 members (excludes halogenated alkanes) is 9. The largest absolute Gasteiger partial charge is 0.338 e. The molecule has 0 atom stereocenters. The van der Waals surface area contributed by atoms with Crippen molar-refractivity contribution in [2.75, 3.05) is 13.1 Å². The van der Waals surface area contributed by atoms with Crippen LogP contribution < -0.4 is 10.6 Å². The van der Waals surface area contributed by atoms with Gasteiger partial charge in [0.1, 0.15) is 0 Å². The molecule has 0 aliphatic heterocycles. The summed E-state index contributed by atoms with van der Waals surface area (Å²) >= 11 is 0. The third kappa shape index (κ3) is 15.2. The van der Waals surface area contributed by atoms with Crippen molar-refractivity contribution in [2.45, 2.75) is 84.5 Å². The summed E-state index contributed by atoms with van der Waals surface area (Å²) in [5.41, 5.74) is 0. The van der Waals surface area contributed by atoms with Crippen molar-refractivity contribution < 1.29 is 4.79 Å². The fourth-order valence-corrected chi connectivity index (χ4v) is 2.10. The number of rotatable bonds is 13. The highest BCUT2D eigenvalue weighted by atomic mass is 16.2. The standard InChI is InChI=1S/C16H34N2O/c1-3-5-7-9-10-11-13-15-18-16(19)17-14-12-8-6-4-2/h3-15H2,1-2H3,(H2,17,18,19). The lowest BCUT2D eigenvalue weighted by Gasteiger charge is -2.07. The second kappa shape index (κ2) is 15.3. The Morgan fingerprint density at radius 3 is 1.47 bits per heavy atom. The van der Waals surface area contributed by atoms with Gasteiger partial charge in [-0.2, -0.15) is 0 Å². The second-order valence-electron chi connectivity index (χ2n) is 5.36. The first-order valence-corrected chi connectivity index (χ1v) is 8.33. The Balaban J connectivity index is 3.12. The van der Waals surface area contributed by atoms with Crippen LogP contribution in [-0.4, -0.2) is 19.1 Å². The van der Waals surface area contributed by atoms with E-state index in [2.05, 4.69) is 24.5 Å². The van der Waals surface area contributed by atoms with E-state index in [4.69, 9.17) is 0 Å². The van der Waals surface area contributed by atoms with Gasteiger partial charge in [0.15, 0.2) is 0 Å². The summed E-state index contributed by atoms with van der Waals surface area (Å²) in [6.07, 6.45) is 13.8. The number of amides is 2. The Labute approximate surface area is 119 Å². The molecule has 0 aliphatic rings. The van der Waals surface area contributed by atoms with Crippen molar-refractivity contribution >= 4 is 6.03 Å². The van der Waals surface area contributed by atoms with E-state index >= 15 is 0 Å². The molecule has 0 aliphatic carbocycles. The second-order valence-corrected chi connectivity index (χ2v) is 5.36. The number of carbonyl (C=O) groups excluding carboxylic acids is 1. The molecule has 0 fully saturated rings. The van der Waals surface area contributed by atoms with E-state index in [1.54, 1.807) is 0 Å². The van der Waals surface area contributed by atoms with E-state index in [1.165, 1.54) is 57.8 Å². The lowest BCUT2D eigenvalue weighted by molar-refractivity contribution is 0.240. The molecule has 0 spiro atoms. The summed E-state index contributed by atoms with van der Waals surface area (Å²) in [5.74, 6) is 0. The van der Waals surface area contributed by atoms with Crippen LogP contribution in [0, 0.1) is 0 Å². The maximum absolute atomic E-state index is 11.4. The van der Waals surface area contributed by atoms with Gasteiger partial charge in [0.05, 0.1) is 0 Å². The number of hydrogen-bond donors (Lipinski definition) is 2. The van der Waals surface area contributed by atoms with Gasteiger partial charge in [-0.1, -0.05) is 71.6 Å². The van der Waals surface area contributed by atoms with Crippen molar-refractivity contribution in [3.8, 4) is 0 Å². The lowest BCUT2D eigenvalue weighted by Crippen LogP contribution is -2.36. The Bertz CT molecular complexity index is 195. The maximum atomic E-state index is 11.4. The minimum atomic E-state index is 0.00230. The van der Waals surface area contributed by atoms with Crippen LogP contribution in [0.15, 0.2) is 0 Å². The molecule has 114 valence electrons. The Morgan fingerprint density at radius 1 is 0.632 bits per heavy atom. The van der Waals surface area contributed by atoms with Crippen molar-refractivity contribution in [3.63, 3.8) is 0 Å². The van der Waals surface area contributed by atoms with E-state index in [0.717, 1.165) is 25.9 Å². The zero-order valence-electron chi connectivity index (χ0n) is 13.1. The quantitative estimate of drug-likeness (QED) is 0.471. The first-order valence-electron chi connectivity index (χ1n) is 8.33. The average molecular weight is 270 g/mol. The Kier molecular flexibility index (Phi) is 14.7. The zero-order chi connectivity index (χ0) is 14.2. The molecule has 0 aromatic heterocycles. The number of hydrogen-bond acceptors (Lipinski definition) is 1. The van der Waals surface area contributed by atoms with Crippen LogP contribution >= 0.6 is 0 Å². The van der Waals surface area contributed by atoms with Gasteiger partial charge in [0.2, 0.25) is 0 Å². The molecule has 0 saturated carbocycles. The molecular formula is C16H34N2O. The van der Waals surface area contributed by atoms with Crippen molar-refractivity contribution in [1.29, 1.82) is 0 Å². The van der Waals surface area contributed by atoms with Gasteiger partial charge in [-0.05, 0) is 12.8 Å². The molecule has 0 unspecified atom stereocenters. The van der Waals surface area contributed by atoms with E-state index in [1.807, 2.05) is 0 Å². The van der Waals surface area contributed by atoms with Gasteiger partial charge in [0.25, 0.3) is 0 Å². The summed E-state index contributed by atoms with van der Waals surface area (Å²) in [5, 5.41) is 5.84. The van der Waals surface area contributed by atoms with Crippen molar-refractivity contribution in [2.24, 2.45) is 0 Å². The molecule has 19 heavy (non-hydrogen) atoms. The molecule has 3 nitrogen and oxygen atoms in total. The van der Waals surface area contributed by atoms with Gasteiger partial charge in [-0.25, -0.2) is 4.79 Å². The fraction of sp³-hybridized carbons (Fsp3) is 0.938. The van der Waals surface area contributed by atoms with Crippen molar-refractivity contribution in [3.05, 3.63) is 0 Å². The van der Waals surface area contributed by atoms with Crippen LogP contribution in [0.4, 0.5) is 4.79 Å². The Hall–Kier alpha value is -0.730. The summed E-state index contributed by atoms with van der Waals surface area (Å²) in [6, 6.07) is 0.00230. The summed E-state index contributed by atoms with van der Waals surface area (Å²) in [6.45, 7) is 6.06. The fourth-order valence-electron chi connectivity index (χ4n) is 2.10. The highest BCUT2D eigenvalue weighted by Crippen LogP contribution is 2.06. The van der Waals surface area contributed by atoms with E-state index < -0.39 is 0 Å². The first-order chi connectivity index (χ1) is 9.31. The first kappa shape index (κ1) is 18.3. The molecular weight excluding hydrogens is 236 g/mol. The molecule has 0 aromatic rings. The molecule has 0 bridgehead atoms. The van der Waals surface area contributed by atoms with Crippen LogP contribution in [0.2, 0.25) is 0 Å². The van der Waals surface area contributed by atoms with Gasteiger partial charge < -0.3 is 10.6 Å². The number of carbonyl (C=O) groups is 1. The molecule has 0 radical (unpaired) electrons. The molecule has 0 aromatic carbocycles. The highest BCUT2D eigenvalue weighted by Gasteiger charge is 1.98. The third-order valence-corrected chi connectivity index (χ3v) is 3.38. The predicted molar refractivity (Wildman–Crippen MR) is 83.5 cm³/mol. The van der Waals surface area contributed by atoms with E-state index in [-0.39, 0.29) is 6.03 Å². The summed E-state index contributed by atoms with van der Waals surface area (Å²) in [4.78, 5) is 11.4. The van der Waals surface area contributed by atoms with Crippen LogP contribution in [0.5, 0.6) is 0 Å². The zero-order valence-corrected chi connectivity index (χ0v) is 13.1. The van der Waals surface area contributed by atoms with Gasteiger partial charge in [0, 0.05) is 13.1 Å². The van der Waals surface area contributed by atoms with E-state index in [9.17, 15) is 4.79 Å². The van der Waals surface area contributed by atoms with E-state index in [0.29, 0.717) is 0 Å². The molecule has 0 saturated heterocycles. The van der Waals surface area contributed by atoms with Gasteiger partial charge in [-0.15, -0.1) is 0 Å².